The van der Waals surface area contributed by atoms with Crippen LogP contribution < -0.4 is 10.6 Å². The summed E-state index contributed by atoms with van der Waals surface area (Å²) in [4.78, 5) is 38.0. The average molecular weight is 347 g/mol. The predicted octanol–water partition coefficient (Wildman–Crippen LogP) is 1.68. The SMILES string of the molecule is Cc1cccc(SC2CCN(C(=O)CC3NC(=O)NC3=O)CC2)c1. The topological polar surface area (TPSA) is 78.5 Å². The minimum atomic E-state index is -0.732. The van der Waals surface area contributed by atoms with Crippen molar-refractivity contribution in [1.29, 1.82) is 0 Å². The molecule has 3 rings (SSSR count). The second-order valence-electron chi connectivity index (χ2n) is 6.23. The van der Waals surface area contributed by atoms with Crippen molar-refractivity contribution in [3.63, 3.8) is 0 Å². The summed E-state index contributed by atoms with van der Waals surface area (Å²) >= 11 is 1.87. The van der Waals surface area contributed by atoms with Crippen molar-refractivity contribution in [1.82, 2.24) is 15.5 Å². The molecule has 2 N–H and O–H groups in total. The molecular formula is C17H21N3O3S. The number of likely N-dealkylation sites (tertiary alicyclic amines) is 1. The molecule has 7 heteroatoms. The molecule has 128 valence electrons. The number of carbonyl (C=O) groups is 3. The molecule has 0 bridgehead atoms. The summed E-state index contributed by atoms with van der Waals surface area (Å²) in [6.45, 7) is 3.48. The van der Waals surface area contributed by atoms with Gasteiger partial charge in [-0.1, -0.05) is 17.7 Å². The van der Waals surface area contributed by atoms with Gasteiger partial charge in [0.2, 0.25) is 5.91 Å². The number of imide groups is 1. The van der Waals surface area contributed by atoms with E-state index in [2.05, 4.69) is 41.8 Å². The van der Waals surface area contributed by atoms with Crippen LogP contribution in [0.1, 0.15) is 24.8 Å². The minimum absolute atomic E-state index is 0.0350. The second kappa shape index (κ2) is 7.25. The molecule has 1 unspecified atom stereocenters. The van der Waals surface area contributed by atoms with E-state index >= 15 is 0 Å². The zero-order valence-electron chi connectivity index (χ0n) is 13.6. The van der Waals surface area contributed by atoms with E-state index in [9.17, 15) is 14.4 Å². The highest BCUT2D eigenvalue weighted by Crippen LogP contribution is 2.31. The van der Waals surface area contributed by atoms with Crippen LogP contribution in [0.5, 0.6) is 0 Å². The van der Waals surface area contributed by atoms with Gasteiger partial charge >= 0.3 is 6.03 Å². The molecule has 1 atom stereocenters. The van der Waals surface area contributed by atoms with Gasteiger partial charge in [0.05, 0.1) is 6.42 Å². The zero-order valence-corrected chi connectivity index (χ0v) is 14.4. The van der Waals surface area contributed by atoms with Crippen LogP contribution in [0.4, 0.5) is 4.79 Å². The van der Waals surface area contributed by atoms with E-state index in [0.717, 1.165) is 12.8 Å². The van der Waals surface area contributed by atoms with E-state index in [-0.39, 0.29) is 12.3 Å². The lowest BCUT2D eigenvalue weighted by atomic mass is 10.1. The van der Waals surface area contributed by atoms with E-state index in [1.807, 2.05) is 11.8 Å². The molecule has 1 aromatic rings. The number of hydrogen-bond acceptors (Lipinski definition) is 4. The molecule has 6 nitrogen and oxygen atoms in total. The Morgan fingerprint density at radius 1 is 1.29 bits per heavy atom. The monoisotopic (exact) mass is 347 g/mol. The third-order valence-corrected chi connectivity index (χ3v) is 5.66. The summed E-state index contributed by atoms with van der Waals surface area (Å²) in [5, 5.41) is 5.13. The van der Waals surface area contributed by atoms with Crippen molar-refractivity contribution in [3.8, 4) is 0 Å². The number of carbonyl (C=O) groups excluding carboxylic acids is 3. The summed E-state index contributed by atoms with van der Waals surface area (Å²) in [6.07, 6.45) is 1.91. The van der Waals surface area contributed by atoms with Crippen molar-refractivity contribution in [2.24, 2.45) is 0 Å². The Morgan fingerprint density at radius 3 is 2.67 bits per heavy atom. The lowest BCUT2D eigenvalue weighted by molar-refractivity contribution is -0.134. The van der Waals surface area contributed by atoms with E-state index < -0.39 is 18.0 Å². The highest BCUT2D eigenvalue weighted by molar-refractivity contribution is 8.00. The quantitative estimate of drug-likeness (QED) is 0.812. The number of benzene rings is 1. The Morgan fingerprint density at radius 2 is 2.04 bits per heavy atom. The van der Waals surface area contributed by atoms with Crippen LogP contribution in [0.3, 0.4) is 0 Å². The molecule has 2 aliphatic rings. The normalized spacial score (nSPS) is 21.5. The maximum atomic E-state index is 12.3. The van der Waals surface area contributed by atoms with Crippen LogP contribution >= 0.6 is 11.8 Å². The molecule has 24 heavy (non-hydrogen) atoms. The number of nitrogens with zero attached hydrogens (tertiary/aromatic N) is 1. The maximum Gasteiger partial charge on any atom is 0.322 e. The number of hydrogen-bond donors (Lipinski definition) is 2. The Bertz CT molecular complexity index is 656. The van der Waals surface area contributed by atoms with Crippen molar-refractivity contribution >= 4 is 29.6 Å². The Balaban J connectivity index is 1.47. The fraction of sp³-hybridized carbons (Fsp3) is 0.471. The molecule has 1 aromatic carbocycles. The van der Waals surface area contributed by atoms with E-state index in [0.29, 0.717) is 18.3 Å². The zero-order chi connectivity index (χ0) is 17.1. The Kier molecular flexibility index (Phi) is 5.08. The predicted molar refractivity (Wildman–Crippen MR) is 91.7 cm³/mol. The number of piperidine rings is 1. The summed E-state index contributed by atoms with van der Waals surface area (Å²) < 4.78 is 0. The van der Waals surface area contributed by atoms with Crippen molar-refractivity contribution in [2.75, 3.05) is 13.1 Å². The van der Waals surface area contributed by atoms with Gasteiger partial charge in [-0.25, -0.2) is 4.79 Å². The first kappa shape index (κ1) is 16.8. The van der Waals surface area contributed by atoms with Crippen LogP contribution in [0, 0.1) is 6.92 Å². The van der Waals surface area contributed by atoms with Crippen LogP contribution in [0.15, 0.2) is 29.2 Å². The number of aryl methyl sites for hydroxylation is 1. The molecule has 2 fully saturated rings. The summed E-state index contributed by atoms with van der Waals surface area (Å²) in [6, 6.07) is 7.20. The molecule has 2 heterocycles. The molecule has 0 aliphatic carbocycles. The minimum Gasteiger partial charge on any atom is -0.343 e. The molecule has 2 saturated heterocycles. The first-order chi connectivity index (χ1) is 11.5. The maximum absolute atomic E-state index is 12.3. The van der Waals surface area contributed by atoms with E-state index in [4.69, 9.17) is 0 Å². The highest BCUT2D eigenvalue weighted by Gasteiger charge is 2.33. The van der Waals surface area contributed by atoms with Gasteiger partial charge in [-0.2, -0.15) is 0 Å². The van der Waals surface area contributed by atoms with Crippen molar-refractivity contribution in [2.45, 2.75) is 42.4 Å². The number of amides is 4. The van der Waals surface area contributed by atoms with Crippen LogP contribution in [-0.2, 0) is 9.59 Å². The molecule has 0 saturated carbocycles. The van der Waals surface area contributed by atoms with Gasteiger partial charge in [-0.3, -0.25) is 14.9 Å². The molecule has 4 amide bonds. The lowest BCUT2D eigenvalue weighted by Gasteiger charge is -2.32. The third-order valence-electron chi connectivity index (χ3n) is 4.32. The lowest BCUT2D eigenvalue weighted by Crippen LogP contribution is -2.43. The summed E-state index contributed by atoms with van der Waals surface area (Å²) in [5.74, 6) is -0.491. The average Bonchev–Trinajstić information content (AvgIpc) is 2.85. The van der Waals surface area contributed by atoms with Gasteiger partial charge in [-0.05, 0) is 31.9 Å². The number of nitrogens with one attached hydrogen (secondary N) is 2. The Labute approximate surface area is 145 Å². The Hall–Kier alpha value is -2.02. The highest BCUT2D eigenvalue weighted by atomic mass is 32.2. The third kappa shape index (κ3) is 4.08. The molecule has 2 aliphatic heterocycles. The van der Waals surface area contributed by atoms with Gasteiger partial charge in [0, 0.05) is 23.2 Å². The van der Waals surface area contributed by atoms with Gasteiger partial charge in [-0.15, -0.1) is 11.8 Å². The number of thioether (sulfide) groups is 1. The van der Waals surface area contributed by atoms with Gasteiger partial charge in [0.25, 0.3) is 5.91 Å². The molecule has 0 radical (unpaired) electrons. The van der Waals surface area contributed by atoms with Crippen LogP contribution in [0.25, 0.3) is 0 Å². The van der Waals surface area contributed by atoms with Gasteiger partial charge in [0.15, 0.2) is 0 Å². The van der Waals surface area contributed by atoms with Gasteiger partial charge < -0.3 is 10.2 Å². The van der Waals surface area contributed by atoms with Crippen LogP contribution in [0.2, 0.25) is 0 Å². The van der Waals surface area contributed by atoms with E-state index in [1.165, 1.54) is 10.5 Å². The van der Waals surface area contributed by atoms with Gasteiger partial charge in [0.1, 0.15) is 6.04 Å². The smallest absolute Gasteiger partial charge is 0.322 e. The van der Waals surface area contributed by atoms with Crippen molar-refractivity contribution in [3.05, 3.63) is 29.8 Å². The van der Waals surface area contributed by atoms with E-state index in [1.54, 1.807) is 4.90 Å². The number of urea groups is 1. The second-order valence-corrected chi connectivity index (χ2v) is 7.61. The standard InChI is InChI=1S/C17H21N3O3S/c1-11-3-2-4-13(9-11)24-12-5-7-20(8-6-12)15(21)10-14-16(22)19-17(23)18-14/h2-4,9,12,14H,5-8,10H2,1H3,(H2,18,19,22,23). The molecular weight excluding hydrogens is 326 g/mol. The summed E-state index contributed by atoms with van der Waals surface area (Å²) in [5.41, 5.74) is 1.25. The van der Waals surface area contributed by atoms with Crippen molar-refractivity contribution < 1.29 is 14.4 Å². The summed E-state index contributed by atoms with van der Waals surface area (Å²) in [7, 11) is 0. The fourth-order valence-corrected chi connectivity index (χ4v) is 4.25. The number of rotatable bonds is 4. The van der Waals surface area contributed by atoms with Crippen LogP contribution in [-0.4, -0.2) is 47.1 Å². The fourth-order valence-electron chi connectivity index (χ4n) is 3.01. The first-order valence-corrected chi connectivity index (χ1v) is 9.01. The largest absolute Gasteiger partial charge is 0.343 e. The first-order valence-electron chi connectivity index (χ1n) is 8.14. The molecule has 0 aromatic heterocycles. The molecule has 0 spiro atoms.